The van der Waals surface area contributed by atoms with Crippen LogP contribution in [0.3, 0.4) is 0 Å². The molecule has 2 saturated heterocycles. The highest BCUT2D eigenvalue weighted by Crippen LogP contribution is 2.40. The van der Waals surface area contributed by atoms with E-state index in [2.05, 4.69) is 31.9 Å². The Hall–Kier alpha value is -5.87. The van der Waals surface area contributed by atoms with E-state index in [0.717, 1.165) is 5.56 Å². The molecule has 0 saturated carbocycles. The number of likely N-dealkylation sites (tertiary alicyclic amines) is 2. The van der Waals surface area contributed by atoms with E-state index in [9.17, 15) is 38.7 Å². The number of amides is 8. The zero-order valence-corrected chi connectivity index (χ0v) is 37.0. The third-order valence-electron chi connectivity index (χ3n) is 11.0. The predicted molar refractivity (Wildman–Crippen MR) is 233 cm³/mol. The van der Waals surface area contributed by atoms with Crippen molar-refractivity contribution in [3.63, 3.8) is 0 Å². The third kappa shape index (κ3) is 15.5. The van der Waals surface area contributed by atoms with Crippen LogP contribution in [0.1, 0.15) is 84.3 Å². The highest BCUT2D eigenvalue weighted by atomic mass is 16.6. The topological polar surface area (TPSA) is 228 Å². The maximum Gasteiger partial charge on any atom is 0.407 e. The maximum absolute atomic E-state index is 14.3. The Balaban J connectivity index is 1.50. The Bertz CT molecular complexity index is 1820. The lowest BCUT2D eigenvalue weighted by atomic mass is 9.72. The minimum Gasteiger partial charge on any atom is -0.465 e. The summed E-state index contributed by atoms with van der Waals surface area (Å²) in [5, 5.41) is 25.8. The van der Waals surface area contributed by atoms with E-state index in [-0.39, 0.29) is 49.0 Å². The SMILES string of the molecule is CNC(=O)N1CC2(CCN(C(=O)C(CCCCNC(=O)OC(C)(C)C)NC(=O)C(CC(C)C)NC(=O)C(Cc3ccccc3)NC(=O)C(Cc3ccccc3)NC(=O)O)CC2)C1. The zero-order valence-electron chi connectivity index (χ0n) is 37.0. The summed E-state index contributed by atoms with van der Waals surface area (Å²) in [5.74, 6) is -2.25. The van der Waals surface area contributed by atoms with Crippen molar-refractivity contribution in [3.8, 4) is 0 Å². The van der Waals surface area contributed by atoms with Crippen LogP contribution in [0.5, 0.6) is 0 Å². The molecule has 0 aliphatic carbocycles. The minimum atomic E-state index is -1.40. The van der Waals surface area contributed by atoms with Crippen LogP contribution >= 0.6 is 0 Å². The van der Waals surface area contributed by atoms with E-state index in [0.29, 0.717) is 64.0 Å². The van der Waals surface area contributed by atoms with Crippen LogP contribution < -0.4 is 31.9 Å². The summed E-state index contributed by atoms with van der Waals surface area (Å²) >= 11 is 0. The summed E-state index contributed by atoms with van der Waals surface area (Å²) in [6.45, 7) is 11.6. The molecule has 0 bridgehead atoms. The second-order valence-electron chi connectivity index (χ2n) is 17.9. The fraction of sp³-hybridized carbons (Fsp3) is 0.578. The number of hydrogen-bond acceptors (Lipinski definition) is 8. The van der Waals surface area contributed by atoms with Crippen LogP contribution in [0, 0.1) is 11.3 Å². The monoisotopic (exact) mass is 862 g/mol. The smallest absolute Gasteiger partial charge is 0.407 e. The number of urea groups is 1. The summed E-state index contributed by atoms with van der Waals surface area (Å²) in [7, 11) is 1.60. The molecule has 1 spiro atoms. The van der Waals surface area contributed by atoms with E-state index in [1.165, 1.54) is 0 Å². The van der Waals surface area contributed by atoms with Crippen molar-refractivity contribution in [2.75, 3.05) is 39.8 Å². The Labute approximate surface area is 364 Å². The van der Waals surface area contributed by atoms with Gasteiger partial charge in [-0.1, -0.05) is 74.5 Å². The molecule has 4 atom stereocenters. The van der Waals surface area contributed by atoms with Crippen molar-refractivity contribution < 1.29 is 43.4 Å². The normalized spacial score (nSPS) is 16.4. The molecular weight excluding hydrogens is 797 g/mol. The Morgan fingerprint density at radius 3 is 1.71 bits per heavy atom. The second kappa shape index (κ2) is 22.8. The standard InChI is InChI=1S/C45H66N8O9/c1-30(2)25-34(49-38(55)35(26-31-15-9-7-10-16-31)50-39(56)36(51-42(59)60)27-32-17-11-8-12-18-32)37(54)48-33(19-13-14-22-47-43(61)62-44(3,4)5)40(57)52-23-20-45(21-24-52)28-53(29-45)41(58)46-6/h7-12,15-18,30,33-36,51H,13-14,19-29H2,1-6H3,(H,46,58)(H,47,61)(H,48,54)(H,49,55)(H,50,56)(H,59,60). The van der Waals surface area contributed by atoms with Crippen molar-refractivity contribution in [1.29, 1.82) is 0 Å². The highest BCUT2D eigenvalue weighted by molar-refractivity contribution is 5.95. The third-order valence-corrected chi connectivity index (χ3v) is 11.0. The van der Waals surface area contributed by atoms with Crippen LogP contribution in [0.15, 0.2) is 60.7 Å². The first-order valence-corrected chi connectivity index (χ1v) is 21.6. The number of piperidine rings is 1. The molecular formula is C45H66N8O9. The molecule has 0 radical (unpaired) electrons. The molecule has 4 rings (SSSR count). The van der Waals surface area contributed by atoms with Crippen LogP contribution in [-0.4, -0.2) is 126 Å². The summed E-state index contributed by atoms with van der Waals surface area (Å²) in [4.78, 5) is 96.1. The van der Waals surface area contributed by atoms with Crippen LogP contribution in [0.4, 0.5) is 14.4 Å². The quantitative estimate of drug-likeness (QED) is 0.102. The molecule has 2 aromatic carbocycles. The number of rotatable bonds is 19. The zero-order chi connectivity index (χ0) is 45.5. The maximum atomic E-state index is 14.3. The molecule has 7 N–H and O–H groups in total. The van der Waals surface area contributed by atoms with Gasteiger partial charge < -0.3 is 51.5 Å². The average Bonchev–Trinajstić information content (AvgIpc) is 3.20. The molecule has 2 heterocycles. The lowest BCUT2D eigenvalue weighted by molar-refractivity contribution is -0.141. The van der Waals surface area contributed by atoms with E-state index in [1.807, 2.05) is 19.9 Å². The minimum absolute atomic E-state index is 0.0377. The Morgan fingerprint density at radius 1 is 0.710 bits per heavy atom. The van der Waals surface area contributed by atoms with Crippen LogP contribution in [-0.2, 0) is 36.8 Å². The number of benzene rings is 2. The second-order valence-corrected chi connectivity index (χ2v) is 17.9. The lowest BCUT2D eigenvalue weighted by Gasteiger charge is -2.53. The first-order valence-electron chi connectivity index (χ1n) is 21.6. The number of hydrogen-bond donors (Lipinski definition) is 7. The van der Waals surface area contributed by atoms with Gasteiger partial charge in [0, 0.05) is 58.0 Å². The average molecular weight is 863 g/mol. The van der Waals surface area contributed by atoms with Gasteiger partial charge in [-0.25, -0.2) is 14.4 Å². The molecule has 0 aromatic heterocycles. The summed E-state index contributed by atoms with van der Waals surface area (Å²) in [5.41, 5.74) is 0.722. The van der Waals surface area contributed by atoms with Gasteiger partial charge in [-0.3, -0.25) is 19.2 Å². The van der Waals surface area contributed by atoms with Gasteiger partial charge in [-0.05, 0) is 76.3 Å². The van der Waals surface area contributed by atoms with E-state index in [4.69, 9.17) is 4.74 Å². The molecule has 8 amide bonds. The van der Waals surface area contributed by atoms with Gasteiger partial charge in [0.25, 0.3) is 0 Å². The van der Waals surface area contributed by atoms with Crippen molar-refractivity contribution in [2.24, 2.45) is 11.3 Å². The molecule has 17 nitrogen and oxygen atoms in total. The number of carboxylic acid groups (broad SMARTS) is 1. The molecule has 2 aliphatic rings. The van der Waals surface area contributed by atoms with Crippen molar-refractivity contribution >= 4 is 41.8 Å². The van der Waals surface area contributed by atoms with Crippen LogP contribution in [0.2, 0.25) is 0 Å². The molecule has 2 aliphatic heterocycles. The summed E-state index contributed by atoms with van der Waals surface area (Å²) in [6.07, 6.45) is 1.02. The number of alkyl carbamates (subject to hydrolysis) is 1. The first kappa shape index (κ1) is 48.8. The number of ether oxygens (including phenoxy) is 1. The largest absolute Gasteiger partial charge is 0.465 e. The Kier molecular flexibility index (Phi) is 18.0. The highest BCUT2D eigenvalue weighted by Gasteiger charge is 2.47. The number of unbranched alkanes of at least 4 members (excludes halogenated alkanes) is 1. The predicted octanol–water partition coefficient (Wildman–Crippen LogP) is 3.57. The molecule has 340 valence electrons. The van der Waals surface area contributed by atoms with E-state index < -0.39 is 59.7 Å². The van der Waals surface area contributed by atoms with Gasteiger partial charge in [-0.15, -0.1) is 0 Å². The fourth-order valence-corrected chi connectivity index (χ4v) is 7.83. The number of nitrogens with zero attached hydrogens (tertiary/aromatic N) is 2. The van der Waals surface area contributed by atoms with Gasteiger partial charge in [0.2, 0.25) is 23.6 Å². The van der Waals surface area contributed by atoms with Gasteiger partial charge >= 0.3 is 18.2 Å². The summed E-state index contributed by atoms with van der Waals surface area (Å²) < 4.78 is 5.33. The van der Waals surface area contributed by atoms with Gasteiger partial charge in [0.1, 0.15) is 29.8 Å². The molecule has 62 heavy (non-hydrogen) atoms. The van der Waals surface area contributed by atoms with Gasteiger partial charge in [-0.2, -0.15) is 0 Å². The van der Waals surface area contributed by atoms with Crippen molar-refractivity contribution in [2.45, 2.75) is 116 Å². The molecule has 4 unspecified atom stereocenters. The number of carbonyl (C=O) groups is 7. The number of carbonyl (C=O) groups excluding carboxylic acids is 6. The lowest BCUT2D eigenvalue weighted by Crippen LogP contribution is -2.64. The summed E-state index contributed by atoms with van der Waals surface area (Å²) in [6, 6.07) is 13.3. The van der Waals surface area contributed by atoms with E-state index in [1.54, 1.807) is 92.2 Å². The van der Waals surface area contributed by atoms with Gasteiger partial charge in [0.15, 0.2) is 0 Å². The van der Waals surface area contributed by atoms with Crippen molar-refractivity contribution in [1.82, 2.24) is 41.7 Å². The molecule has 2 aromatic rings. The molecule has 17 heteroatoms. The first-order chi connectivity index (χ1) is 29.4. The number of nitrogens with one attached hydrogen (secondary N) is 6. The fourth-order valence-electron chi connectivity index (χ4n) is 7.83. The van der Waals surface area contributed by atoms with Crippen LogP contribution in [0.25, 0.3) is 0 Å². The van der Waals surface area contributed by atoms with E-state index >= 15 is 0 Å². The van der Waals surface area contributed by atoms with Gasteiger partial charge in [0.05, 0.1) is 0 Å². The molecule has 2 fully saturated rings. The van der Waals surface area contributed by atoms with Crippen molar-refractivity contribution in [3.05, 3.63) is 71.8 Å². The Morgan fingerprint density at radius 2 is 1.21 bits per heavy atom.